The lowest BCUT2D eigenvalue weighted by atomic mass is 9.87. The molecule has 0 bridgehead atoms. The first-order chi connectivity index (χ1) is 10.2. The molecular weight excluding hydrogens is 344 g/mol. The van der Waals surface area contributed by atoms with Gasteiger partial charge < -0.3 is 0 Å². The molecule has 4 rings (SSSR count). The monoisotopic (exact) mass is 356 g/mol. The first-order valence-corrected chi connectivity index (χ1v) is 8.66. The number of fused-ring (bicyclic) bond motifs is 1. The molecular formula is C18H13BrOS. The van der Waals surface area contributed by atoms with E-state index in [9.17, 15) is 4.79 Å². The van der Waals surface area contributed by atoms with E-state index in [1.54, 1.807) is 11.3 Å². The molecule has 0 radical (unpaired) electrons. The van der Waals surface area contributed by atoms with Crippen LogP contribution in [0.2, 0.25) is 0 Å². The molecule has 21 heavy (non-hydrogen) atoms. The number of ketones is 1. The zero-order valence-electron chi connectivity index (χ0n) is 11.3. The van der Waals surface area contributed by atoms with Crippen molar-refractivity contribution < 1.29 is 4.79 Å². The van der Waals surface area contributed by atoms with Crippen LogP contribution in [0, 0.1) is 0 Å². The highest BCUT2D eigenvalue weighted by atomic mass is 79.9. The molecule has 3 aromatic rings. The van der Waals surface area contributed by atoms with Crippen LogP contribution in [-0.4, -0.2) is 5.78 Å². The number of hydrogen-bond acceptors (Lipinski definition) is 2. The van der Waals surface area contributed by atoms with E-state index in [-0.39, 0.29) is 11.2 Å². The zero-order valence-corrected chi connectivity index (χ0v) is 13.7. The summed E-state index contributed by atoms with van der Waals surface area (Å²) in [7, 11) is 0. The summed E-state index contributed by atoms with van der Waals surface area (Å²) in [5.74, 6) is 0.276. The number of rotatable bonds is 3. The second-order valence-corrected chi connectivity index (χ2v) is 7.28. The maximum Gasteiger partial charge on any atom is 0.174 e. The van der Waals surface area contributed by atoms with Crippen molar-refractivity contribution in [1.29, 1.82) is 0 Å². The number of halogens is 1. The average Bonchev–Trinajstić information content (AvgIpc) is 3.22. The molecule has 1 aromatic heterocycles. The minimum Gasteiger partial charge on any atom is -0.293 e. The van der Waals surface area contributed by atoms with E-state index in [0.29, 0.717) is 0 Å². The summed E-state index contributed by atoms with van der Waals surface area (Å²) in [6, 6.07) is 16.3. The fourth-order valence-corrected chi connectivity index (χ4v) is 4.59. The largest absolute Gasteiger partial charge is 0.293 e. The van der Waals surface area contributed by atoms with Gasteiger partial charge in [0.1, 0.15) is 0 Å². The molecule has 0 spiro atoms. The topological polar surface area (TPSA) is 17.1 Å². The van der Waals surface area contributed by atoms with E-state index in [0.717, 1.165) is 38.5 Å². The Balaban J connectivity index is 1.83. The summed E-state index contributed by atoms with van der Waals surface area (Å²) in [4.78, 5) is 13.1. The van der Waals surface area contributed by atoms with Gasteiger partial charge in [0, 0.05) is 25.5 Å². The van der Waals surface area contributed by atoms with Crippen molar-refractivity contribution in [2.75, 3.05) is 0 Å². The van der Waals surface area contributed by atoms with E-state index in [2.05, 4.69) is 28.1 Å². The summed E-state index contributed by atoms with van der Waals surface area (Å²) in [6.45, 7) is 0. The minimum atomic E-state index is -0.280. The van der Waals surface area contributed by atoms with Crippen LogP contribution in [0.25, 0.3) is 10.1 Å². The van der Waals surface area contributed by atoms with Gasteiger partial charge in [0.25, 0.3) is 0 Å². The predicted octanol–water partition coefficient (Wildman–Crippen LogP) is 5.58. The summed E-state index contributed by atoms with van der Waals surface area (Å²) in [5.41, 5.74) is 1.75. The van der Waals surface area contributed by atoms with Gasteiger partial charge in [0.2, 0.25) is 0 Å². The number of benzene rings is 2. The molecule has 1 fully saturated rings. The van der Waals surface area contributed by atoms with Crippen LogP contribution >= 0.6 is 27.3 Å². The number of carbonyl (C=O) groups excluding carboxylic acids is 1. The molecule has 2 aromatic carbocycles. The molecule has 1 heterocycles. The number of thiophene rings is 1. The van der Waals surface area contributed by atoms with Gasteiger partial charge in [-0.25, -0.2) is 0 Å². The average molecular weight is 357 g/mol. The van der Waals surface area contributed by atoms with Crippen molar-refractivity contribution in [3.8, 4) is 0 Å². The van der Waals surface area contributed by atoms with Crippen molar-refractivity contribution in [2.24, 2.45) is 0 Å². The van der Waals surface area contributed by atoms with Crippen LogP contribution in [0.3, 0.4) is 0 Å². The molecule has 0 aliphatic heterocycles. The third kappa shape index (κ3) is 1.99. The molecule has 1 aliphatic carbocycles. The fourth-order valence-electron chi connectivity index (χ4n) is 2.98. The van der Waals surface area contributed by atoms with Crippen molar-refractivity contribution in [1.82, 2.24) is 0 Å². The molecule has 1 aliphatic rings. The standard InChI is InChI=1S/C18H13BrOS/c19-15-8-4-7-13-14(11-21-16(13)15)17(20)18(9-10-18)12-5-2-1-3-6-12/h1-8,11H,9-10H2. The van der Waals surface area contributed by atoms with Gasteiger partial charge in [-0.3, -0.25) is 4.79 Å². The third-order valence-electron chi connectivity index (χ3n) is 4.31. The van der Waals surface area contributed by atoms with Crippen LogP contribution in [0.4, 0.5) is 0 Å². The lowest BCUT2D eigenvalue weighted by Crippen LogP contribution is -2.20. The molecule has 1 nitrogen and oxygen atoms in total. The Kier molecular flexibility index (Phi) is 3.02. The van der Waals surface area contributed by atoms with Crippen LogP contribution < -0.4 is 0 Å². The van der Waals surface area contributed by atoms with Crippen molar-refractivity contribution in [3.05, 3.63) is 69.5 Å². The SMILES string of the molecule is O=C(c1csc2c(Br)cccc12)C1(c2ccccc2)CC1. The molecule has 104 valence electrons. The second-order valence-electron chi connectivity index (χ2n) is 5.54. The summed E-state index contributed by atoms with van der Waals surface area (Å²) < 4.78 is 2.22. The van der Waals surface area contributed by atoms with Crippen molar-refractivity contribution in [3.63, 3.8) is 0 Å². The molecule has 0 unspecified atom stereocenters. The lowest BCUT2D eigenvalue weighted by molar-refractivity contribution is 0.0948. The van der Waals surface area contributed by atoms with Crippen molar-refractivity contribution in [2.45, 2.75) is 18.3 Å². The van der Waals surface area contributed by atoms with E-state index in [4.69, 9.17) is 0 Å². The lowest BCUT2D eigenvalue weighted by Gasteiger charge is -2.14. The van der Waals surface area contributed by atoms with Gasteiger partial charge >= 0.3 is 0 Å². The Hall–Kier alpha value is -1.45. The minimum absolute atomic E-state index is 0.276. The quantitative estimate of drug-likeness (QED) is 0.560. The Morgan fingerprint density at radius 1 is 1.05 bits per heavy atom. The second kappa shape index (κ2) is 4.79. The fraction of sp³-hybridized carbons (Fsp3) is 0.167. The normalized spacial score (nSPS) is 16.0. The van der Waals surface area contributed by atoms with Gasteiger partial charge in [0.05, 0.1) is 5.41 Å². The van der Waals surface area contributed by atoms with E-state index in [1.165, 1.54) is 0 Å². The van der Waals surface area contributed by atoms with E-state index in [1.807, 2.05) is 41.8 Å². The third-order valence-corrected chi connectivity index (χ3v) is 6.26. The van der Waals surface area contributed by atoms with Gasteiger partial charge in [-0.05, 0) is 40.4 Å². The Morgan fingerprint density at radius 3 is 2.52 bits per heavy atom. The first-order valence-electron chi connectivity index (χ1n) is 6.98. The molecule has 0 N–H and O–H groups in total. The van der Waals surface area contributed by atoms with Crippen LogP contribution in [-0.2, 0) is 5.41 Å². The van der Waals surface area contributed by atoms with Crippen LogP contribution in [0.5, 0.6) is 0 Å². The molecule has 0 saturated heterocycles. The van der Waals surface area contributed by atoms with Crippen LogP contribution in [0.1, 0.15) is 28.8 Å². The van der Waals surface area contributed by atoms with E-state index >= 15 is 0 Å². The summed E-state index contributed by atoms with van der Waals surface area (Å²) in [6.07, 6.45) is 1.92. The molecule has 3 heteroatoms. The number of Topliss-reactive ketones (excluding diaryl/α,β-unsaturated/α-hetero) is 1. The first kappa shape index (κ1) is 13.2. The van der Waals surface area contributed by atoms with Crippen molar-refractivity contribution >= 4 is 43.1 Å². The molecule has 0 atom stereocenters. The highest BCUT2D eigenvalue weighted by molar-refractivity contribution is 9.10. The smallest absolute Gasteiger partial charge is 0.174 e. The maximum atomic E-state index is 13.1. The Morgan fingerprint density at radius 2 is 1.81 bits per heavy atom. The maximum absolute atomic E-state index is 13.1. The highest BCUT2D eigenvalue weighted by Crippen LogP contribution is 2.51. The van der Waals surface area contributed by atoms with Gasteiger partial charge in [-0.15, -0.1) is 11.3 Å². The van der Waals surface area contributed by atoms with Gasteiger partial charge in [0.15, 0.2) is 5.78 Å². The summed E-state index contributed by atoms with van der Waals surface area (Å²) >= 11 is 5.21. The predicted molar refractivity (Wildman–Crippen MR) is 91.2 cm³/mol. The van der Waals surface area contributed by atoms with Gasteiger partial charge in [-0.1, -0.05) is 42.5 Å². The Labute approximate surface area is 135 Å². The molecule has 1 saturated carbocycles. The van der Waals surface area contributed by atoms with Gasteiger partial charge in [-0.2, -0.15) is 0 Å². The van der Waals surface area contributed by atoms with Crippen LogP contribution in [0.15, 0.2) is 58.4 Å². The zero-order chi connectivity index (χ0) is 14.4. The number of hydrogen-bond donors (Lipinski definition) is 0. The molecule has 0 amide bonds. The number of carbonyl (C=O) groups is 1. The summed E-state index contributed by atoms with van der Waals surface area (Å²) in [5, 5.41) is 3.09. The Bertz CT molecular complexity index is 831. The highest BCUT2D eigenvalue weighted by Gasteiger charge is 2.51. The van der Waals surface area contributed by atoms with E-state index < -0.39 is 0 Å².